The van der Waals surface area contributed by atoms with Gasteiger partial charge in [0.05, 0.1) is 11.6 Å². The van der Waals surface area contributed by atoms with E-state index in [0.717, 1.165) is 0 Å². The lowest BCUT2D eigenvalue weighted by molar-refractivity contribution is -0.116. The molecule has 6 heteroatoms. The van der Waals surface area contributed by atoms with E-state index in [-0.39, 0.29) is 12.5 Å². The average molecular weight is 255 g/mol. The van der Waals surface area contributed by atoms with Crippen LogP contribution in [0.15, 0.2) is 24.3 Å². The van der Waals surface area contributed by atoms with Crippen LogP contribution in [0, 0.1) is 25.2 Å². The summed E-state index contributed by atoms with van der Waals surface area (Å²) in [7, 11) is 0. The Morgan fingerprint density at radius 1 is 1.37 bits per heavy atom. The molecule has 2 rings (SSSR count). The molecule has 0 aliphatic heterocycles. The SMILES string of the molecule is Cc1nc(C)n(CC(=O)Nc2ccc(C#N)cc2)n1. The Balaban J connectivity index is 2.01. The molecule has 0 aliphatic carbocycles. The van der Waals surface area contributed by atoms with E-state index in [1.165, 1.54) is 0 Å². The van der Waals surface area contributed by atoms with Crippen LogP contribution in [0.4, 0.5) is 5.69 Å². The molecule has 0 saturated carbocycles. The zero-order valence-corrected chi connectivity index (χ0v) is 10.7. The Hall–Kier alpha value is -2.68. The van der Waals surface area contributed by atoms with Crippen molar-refractivity contribution in [2.75, 3.05) is 5.32 Å². The highest BCUT2D eigenvalue weighted by molar-refractivity contribution is 5.90. The monoisotopic (exact) mass is 255 g/mol. The van der Waals surface area contributed by atoms with Crippen LogP contribution in [0.3, 0.4) is 0 Å². The zero-order chi connectivity index (χ0) is 13.8. The van der Waals surface area contributed by atoms with E-state index in [4.69, 9.17) is 5.26 Å². The van der Waals surface area contributed by atoms with E-state index >= 15 is 0 Å². The number of carbonyl (C=O) groups is 1. The van der Waals surface area contributed by atoms with Gasteiger partial charge in [-0.2, -0.15) is 10.4 Å². The number of carbonyl (C=O) groups excluding carboxylic acids is 1. The van der Waals surface area contributed by atoms with Gasteiger partial charge < -0.3 is 5.32 Å². The molecule has 0 fully saturated rings. The lowest BCUT2D eigenvalue weighted by Crippen LogP contribution is -2.20. The third kappa shape index (κ3) is 3.16. The van der Waals surface area contributed by atoms with Gasteiger partial charge in [-0.1, -0.05) is 0 Å². The molecule has 0 bridgehead atoms. The molecular weight excluding hydrogens is 242 g/mol. The van der Waals surface area contributed by atoms with E-state index in [0.29, 0.717) is 22.9 Å². The summed E-state index contributed by atoms with van der Waals surface area (Å²) in [5.74, 6) is 1.16. The summed E-state index contributed by atoms with van der Waals surface area (Å²) < 4.78 is 1.55. The van der Waals surface area contributed by atoms with Gasteiger partial charge >= 0.3 is 0 Å². The molecule has 1 heterocycles. The number of amides is 1. The highest BCUT2D eigenvalue weighted by Gasteiger charge is 2.08. The molecule has 0 atom stereocenters. The number of hydrogen-bond donors (Lipinski definition) is 1. The van der Waals surface area contributed by atoms with Gasteiger partial charge in [-0.25, -0.2) is 9.67 Å². The van der Waals surface area contributed by atoms with Crippen LogP contribution in [0.5, 0.6) is 0 Å². The summed E-state index contributed by atoms with van der Waals surface area (Å²) in [5, 5.41) is 15.5. The number of rotatable bonds is 3. The molecule has 0 radical (unpaired) electrons. The Kier molecular flexibility index (Phi) is 3.57. The molecule has 1 amide bonds. The van der Waals surface area contributed by atoms with Gasteiger partial charge in [-0.15, -0.1) is 0 Å². The van der Waals surface area contributed by atoms with Crippen molar-refractivity contribution < 1.29 is 4.79 Å². The predicted molar refractivity (Wildman–Crippen MR) is 69.3 cm³/mol. The Morgan fingerprint density at radius 2 is 2.05 bits per heavy atom. The van der Waals surface area contributed by atoms with Crippen molar-refractivity contribution >= 4 is 11.6 Å². The minimum Gasteiger partial charge on any atom is -0.324 e. The molecule has 1 aromatic heterocycles. The Morgan fingerprint density at radius 3 is 2.58 bits per heavy atom. The Bertz CT molecular complexity index is 636. The van der Waals surface area contributed by atoms with E-state index in [1.54, 1.807) is 42.8 Å². The minimum atomic E-state index is -0.183. The average Bonchev–Trinajstić information content (AvgIpc) is 2.68. The van der Waals surface area contributed by atoms with Gasteiger partial charge in [-0.05, 0) is 38.1 Å². The summed E-state index contributed by atoms with van der Waals surface area (Å²) in [6.45, 7) is 3.70. The van der Waals surface area contributed by atoms with Crippen molar-refractivity contribution in [3.05, 3.63) is 41.5 Å². The number of nitrogens with zero attached hydrogens (tertiary/aromatic N) is 4. The van der Waals surface area contributed by atoms with E-state index in [2.05, 4.69) is 15.4 Å². The van der Waals surface area contributed by atoms with E-state index in [1.807, 2.05) is 6.07 Å². The summed E-state index contributed by atoms with van der Waals surface area (Å²) in [5.41, 5.74) is 1.21. The van der Waals surface area contributed by atoms with Crippen LogP contribution < -0.4 is 5.32 Å². The van der Waals surface area contributed by atoms with Gasteiger partial charge in [0.2, 0.25) is 5.91 Å². The fourth-order valence-corrected chi connectivity index (χ4v) is 1.68. The maximum atomic E-state index is 11.8. The van der Waals surface area contributed by atoms with Crippen molar-refractivity contribution in [2.45, 2.75) is 20.4 Å². The first-order valence-corrected chi connectivity index (χ1v) is 5.76. The third-order valence-corrected chi connectivity index (χ3v) is 2.55. The van der Waals surface area contributed by atoms with Crippen LogP contribution in [0.1, 0.15) is 17.2 Å². The molecule has 0 saturated heterocycles. The van der Waals surface area contributed by atoms with Crippen molar-refractivity contribution in [2.24, 2.45) is 0 Å². The maximum Gasteiger partial charge on any atom is 0.246 e. The minimum absolute atomic E-state index is 0.118. The summed E-state index contributed by atoms with van der Waals surface area (Å²) in [4.78, 5) is 16.0. The molecule has 0 aliphatic rings. The second-order valence-corrected chi connectivity index (χ2v) is 4.10. The van der Waals surface area contributed by atoms with Crippen molar-refractivity contribution in [1.29, 1.82) is 5.26 Å². The second-order valence-electron chi connectivity index (χ2n) is 4.10. The summed E-state index contributed by atoms with van der Waals surface area (Å²) in [6.07, 6.45) is 0. The molecule has 6 nitrogen and oxygen atoms in total. The quantitative estimate of drug-likeness (QED) is 0.898. The van der Waals surface area contributed by atoms with Crippen molar-refractivity contribution in [1.82, 2.24) is 14.8 Å². The van der Waals surface area contributed by atoms with Gasteiger partial charge in [0.25, 0.3) is 0 Å². The van der Waals surface area contributed by atoms with Crippen LogP contribution in [-0.4, -0.2) is 20.7 Å². The van der Waals surface area contributed by atoms with Gasteiger partial charge in [-0.3, -0.25) is 4.79 Å². The van der Waals surface area contributed by atoms with E-state index < -0.39 is 0 Å². The molecule has 96 valence electrons. The van der Waals surface area contributed by atoms with Crippen molar-refractivity contribution in [3.63, 3.8) is 0 Å². The van der Waals surface area contributed by atoms with Crippen LogP contribution in [-0.2, 0) is 11.3 Å². The first-order valence-electron chi connectivity index (χ1n) is 5.76. The number of aromatic nitrogens is 3. The lowest BCUT2D eigenvalue weighted by Gasteiger charge is -2.06. The number of nitriles is 1. The summed E-state index contributed by atoms with van der Waals surface area (Å²) >= 11 is 0. The molecule has 0 spiro atoms. The number of benzene rings is 1. The van der Waals surface area contributed by atoms with Crippen LogP contribution >= 0.6 is 0 Å². The number of nitrogens with one attached hydrogen (secondary N) is 1. The molecule has 2 aromatic rings. The van der Waals surface area contributed by atoms with Crippen LogP contribution in [0.25, 0.3) is 0 Å². The molecule has 0 unspecified atom stereocenters. The molecule has 1 aromatic carbocycles. The Labute approximate surface area is 110 Å². The maximum absolute atomic E-state index is 11.8. The van der Waals surface area contributed by atoms with Crippen molar-refractivity contribution in [3.8, 4) is 6.07 Å². The fourth-order valence-electron chi connectivity index (χ4n) is 1.68. The first kappa shape index (κ1) is 12.8. The third-order valence-electron chi connectivity index (χ3n) is 2.55. The highest BCUT2D eigenvalue weighted by Crippen LogP contribution is 2.09. The first-order chi connectivity index (χ1) is 9.08. The lowest BCUT2D eigenvalue weighted by atomic mass is 10.2. The molecule has 19 heavy (non-hydrogen) atoms. The number of hydrogen-bond acceptors (Lipinski definition) is 4. The predicted octanol–water partition coefficient (Wildman–Crippen LogP) is 1.41. The molecular formula is C13H13N5O. The smallest absolute Gasteiger partial charge is 0.246 e. The normalized spacial score (nSPS) is 9.95. The number of aryl methyl sites for hydroxylation is 2. The standard InChI is InChI=1S/C13H13N5O/c1-9-15-10(2)18(17-9)8-13(19)16-12-5-3-11(7-14)4-6-12/h3-6H,8H2,1-2H3,(H,16,19). The van der Waals surface area contributed by atoms with Gasteiger partial charge in [0, 0.05) is 5.69 Å². The van der Waals surface area contributed by atoms with Gasteiger partial charge in [0.15, 0.2) is 0 Å². The number of anilines is 1. The second kappa shape index (κ2) is 5.31. The van der Waals surface area contributed by atoms with E-state index in [9.17, 15) is 4.79 Å². The summed E-state index contributed by atoms with van der Waals surface area (Å²) in [6, 6.07) is 8.71. The molecule has 1 N–H and O–H groups in total. The highest BCUT2D eigenvalue weighted by atomic mass is 16.2. The van der Waals surface area contributed by atoms with Gasteiger partial charge in [0.1, 0.15) is 18.2 Å². The van der Waals surface area contributed by atoms with Crippen LogP contribution in [0.2, 0.25) is 0 Å². The zero-order valence-electron chi connectivity index (χ0n) is 10.7. The largest absolute Gasteiger partial charge is 0.324 e. The topological polar surface area (TPSA) is 83.6 Å². The fraction of sp³-hybridized carbons (Fsp3) is 0.231.